The fraction of sp³-hybridized carbons (Fsp3) is 0. The lowest BCUT2D eigenvalue weighted by molar-refractivity contribution is 0.911. The Balaban J connectivity index is 2.26. The molecule has 1 aromatic heterocycles. The predicted molar refractivity (Wildman–Crippen MR) is 64.9 cm³/mol. The summed E-state index contributed by atoms with van der Waals surface area (Å²) < 4.78 is 1.87. The topological polar surface area (TPSA) is 17.8 Å². The monoisotopic (exact) mass is 227 g/mol. The smallest absolute Gasteiger partial charge is 0.0741 e. The van der Waals surface area contributed by atoms with E-state index in [4.69, 9.17) is 11.6 Å². The van der Waals surface area contributed by atoms with Gasteiger partial charge in [0.05, 0.1) is 17.4 Å². The highest BCUT2D eigenvalue weighted by Crippen LogP contribution is 2.19. The molecule has 3 aromatic rings. The molecule has 0 bridgehead atoms. The zero-order valence-electron chi connectivity index (χ0n) is 8.39. The Hall–Kier alpha value is -1.80. The van der Waals surface area contributed by atoms with E-state index in [0.29, 0.717) is 5.02 Å². The van der Waals surface area contributed by atoms with Gasteiger partial charge in [0.25, 0.3) is 0 Å². The van der Waals surface area contributed by atoms with E-state index in [0.717, 1.165) is 16.6 Å². The molecule has 0 fully saturated rings. The van der Waals surface area contributed by atoms with Crippen LogP contribution in [-0.2, 0) is 0 Å². The highest BCUT2D eigenvalue weighted by atomic mass is 35.5. The van der Waals surface area contributed by atoms with Crippen LogP contribution in [0.2, 0.25) is 5.02 Å². The summed E-state index contributed by atoms with van der Waals surface area (Å²) in [7, 11) is 0. The zero-order valence-corrected chi connectivity index (χ0v) is 9.15. The molecule has 2 aromatic carbocycles. The van der Waals surface area contributed by atoms with E-state index >= 15 is 0 Å². The number of hydrogen-bond acceptors (Lipinski definition) is 1. The van der Waals surface area contributed by atoms with Crippen molar-refractivity contribution in [3.63, 3.8) is 0 Å². The summed E-state index contributed by atoms with van der Waals surface area (Å²) in [4.78, 5) is 0. The second-order valence-electron chi connectivity index (χ2n) is 3.52. The molecule has 3 heteroatoms. The minimum Gasteiger partial charge on any atom is -0.233 e. The van der Waals surface area contributed by atoms with Crippen LogP contribution in [0.1, 0.15) is 0 Å². The van der Waals surface area contributed by atoms with Crippen molar-refractivity contribution < 1.29 is 0 Å². The van der Waals surface area contributed by atoms with Crippen molar-refractivity contribution in [1.82, 2.24) is 9.78 Å². The van der Waals surface area contributed by atoms with E-state index in [-0.39, 0.29) is 0 Å². The first-order valence-electron chi connectivity index (χ1n) is 4.94. The van der Waals surface area contributed by atoms with E-state index in [1.165, 1.54) is 0 Å². The van der Waals surface area contributed by atoms with Gasteiger partial charge in [-0.05, 0) is 36.4 Å². The molecule has 3 rings (SSSR count). The number of nitrogens with zero attached hydrogens (tertiary/aromatic N) is 2. The molecule has 16 heavy (non-hydrogen) atoms. The maximum Gasteiger partial charge on any atom is 0.0741 e. The van der Waals surface area contributed by atoms with Crippen LogP contribution in [0, 0.1) is 6.07 Å². The lowest BCUT2D eigenvalue weighted by Gasteiger charge is -2.03. The van der Waals surface area contributed by atoms with Crippen molar-refractivity contribution >= 4 is 22.5 Å². The van der Waals surface area contributed by atoms with Gasteiger partial charge in [0, 0.05) is 10.4 Å². The first kappa shape index (κ1) is 9.43. The molecule has 77 valence electrons. The van der Waals surface area contributed by atoms with E-state index in [9.17, 15) is 0 Å². The first-order chi connectivity index (χ1) is 7.84. The van der Waals surface area contributed by atoms with Crippen molar-refractivity contribution in [2.45, 2.75) is 0 Å². The van der Waals surface area contributed by atoms with Crippen LogP contribution in [0.4, 0.5) is 0 Å². The molecular weight excluding hydrogens is 220 g/mol. The van der Waals surface area contributed by atoms with Gasteiger partial charge in [-0.2, -0.15) is 5.10 Å². The maximum absolute atomic E-state index is 5.97. The third-order valence-electron chi connectivity index (χ3n) is 2.47. The molecule has 0 N–H and O–H groups in total. The van der Waals surface area contributed by atoms with Crippen LogP contribution in [0.25, 0.3) is 16.6 Å². The number of rotatable bonds is 1. The SMILES string of the molecule is Clc1cccc(-n2ncc3c[c]ccc32)c1. The Morgan fingerprint density at radius 3 is 3.06 bits per heavy atom. The predicted octanol–water partition coefficient (Wildman–Crippen LogP) is 3.48. The largest absolute Gasteiger partial charge is 0.233 e. The molecule has 0 unspecified atom stereocenters. The Morgan fingerprint density at radius 1 is 1.25 bits per heavy atom. The summed E-state index contributed by atoms with van der Waals surface area (Å²) in [6.45, 7) is 0. The van der Waals surface area contributed by atoms with Gasteiger partial charge in [0.1, 0.15) is 0 Å². The van der Waals surface area contributed by atoms with Gasteiger partial charge >= 0.3 is 0 Å². The molecule has 0 saturated heterocycles. The average molecular weight is 228 g/mol. The molecule has 0 atom stereocenters. The van der Waals surface area contributed by atoms with Gasteiger partial charge < -0.3 is 0 Å². The number of hydrogen-bond donors (Lipinski definition) is 0. The first-order valence-corrected chi connectivity index (χ1v) is 5.32. The summed E-state index contributed by atoms with van der Waals surface area (Å²) in [6.07, 6.45) is 1.83. The molecule has 0 amide bonds. The number of aromatic nitrogens is 2. The van der Waals surface area contributed by atoms with Crippen LogP contribution in [0.5, 0.6) is 0 Å². The van der Waals surface area contributed by atoms with E-state index in [1.807, 2.05) is 53.3 Å². The van der Waals surface area contributed by atoms with Gasteiger partial charge in [-0.25, -0.2) is 4.68 Å². The lowest BCUT2D eigenvalue weighted by Crippen LogP contribution is -1.95. The molecule has 1 radical (unpaired) electrons. The number of fused-ring (bicyclic) bond motifs is 1. The molecule has 0 aliphatic heterocycles. The van der Waals surface area contributed by atoms with Crippen LogP contribution in [-0.4, -0.2) is 9.78 Å². The normalized spacial score (nSPS) is 10.8. The molecule has 0 saturated carbocycles. The molecular formula is C13H8ClN2. The van der Waals surface area contributed by atoms with Crippen LogP contribution in [0.15, 0.2) is 48.7 Å². The van der Waals surface area contributed by atoms with Crippen LogP contribution < -0.4 is 0 Å². The van der Waals surface area contributed by atoms with E-state index in [1.54, 1.807) is 0 Å². The third-order valence-corrected chi connectivity index (χ3v) is 2.70. The highest BCUT2D eigenvalue weighted by Gasteiger charge is 2.03. The summed E-state index contributed by atoms with van der Waals surface area (Å²) in [6, 6.07) is 16.5. The molecule has 0 aliphatic rings. The average Bonchev–Trinajstić information content (AvgIpc) is 2.72. The standard InChI is InChI=1S/C13H8ClN2/c14-11-5-3-6-12(8-11)16-13-7-2-1-4-10(13)9-15-16/h2-9H. The van der Waals surface area contributed by atoms with Gasteiger partial charge in [0.15, 0.2) is 0 Å². The van der Waals surface area contributed by atoms with Crippen LogP contribution >= 0.6 is 11.6 Å². The van der Waals surface area contributed by atoms with Crippen molar-refractivity contribution in [1.29, 1.82) is 0 Å². The van der Waals surface area contributed by atoms with E-state index in [2.05, 4.69) is 11.2 Å². The van der Waals surface area contributed by atoms with Crippen molar-refractivity contribution in [2.75, 3.05) is 0 Å². The fourth-order valence-electron chi connectivity index (χ4n) is 1.73. The third kappa shape index (κ3) is 1.48. The fourth-order valence-corrected chi connectivity index (χ4v) is 1.91. The Morgan fingerprint density at radius 2 is 2.19 bits per heavy atom. The van der Waals surface area contributed by atoms with Crippen molar-refractivity contribution in [3.8, 4) is 5.69 Å². The Bertz CT molecular complexity index is 643. The van der Waals surface area contributed by atoms with Gasteiger partial charge in [0.2, 0.25) is 0 Å². The molecule has 1 heterocycles. The summed E-state index contributed by atoms with van der Waals surface area (Å²) in [5.41, 5.74) is 2.02. The lowest BCUT2D eigenvalue weighted by atomic mass is 10.2. The second-order valence-corrected chi connectivity index (χ2v) is 3.96. The minimum absolute atomic E-state index is 0.712. The number of benzene rings is 2. The highest BCUT2D eigenvalue weighted by molar-refractivity contribution is 6.30. The molecule has 0 aliphatic carbocycles. The van der Waals surface area contributed by atoms with Crippen molar-refractivity contribution in [3.05, 3.63) is 59.8 Å². The zero-order chi connectivity index (χ0) is 11.0. The van der Waals surface area contributed by atoms with E-state index < -0.39 is 0 Å². The summed E-state index contributed by atoms with van der Waals surface area (Å²) in [5, 5.41) is 6.13. The maximum atomic E-state index is 5.97. The van der Waals surface area contributed by atoms with Gasteiger partial charge in [-0.3, -0.25) is 0 Å². The van der Waals surface area contributed by atoms with Gasteiger partial charge in [-0.15, -0.1) is 0 Å². The van der Waals surface area contributed by atoms with Gasteiger partial charge in [-0.1, -0.05) is 23.7 Å². The number of halogens is 1. The summed E-state index contributed by atoms with van der Waals surface area (Å²) in [5.74, 6) is 0. The molecule has 2 nitrogen and oxygen atoms in total. The van der Waals surface area contributed by atoms with Crippen LogP contribution in [0.3, 0.4) is 0 Å². The van der Waals surface area contributed by atoms with Crippen molar-refractivity contribution in [2.24, 2.45) is 0 Å². The second kappa shape index (κ2) is 3.65. The minimum atomic E-state index is 0.712. The molecule has 0 spiro atoms. The Labute approximate surface area is 98.1 Å². The summed E-state index contributed by atoms with van der Waals surface area (Å²) >= 11 is 5.97. The Kier molecular flexibility index (Phi) is 2.15. The quantitative estimate of drug-likeness (QED) is 0.622.